The molecule has 0 amide bonds. The van der Waals surface area contributed by atoms with Gasteiger partial charge in [0.15, 0.2) is 0 Å². The average Bonchev–Trinajstić information content (AvgIpc) is 2.18. The average molecular weight is 244 g/mol. The van der Waals surface area contributed by atoms with Crippen LogP contribution < -0.4 is 10.6 Å². The summed E-state index contributed by atoms with van der Waals surface area (Å²) in [5.74, 6) is -0.174. The van der Waals surface area contributed by atoms with Gasteiger partial charge >= 0.3 is 5.97 Å². The molecule has 1 saturated heterocycles. The Hall–Kier alpha value is -0.650. The molecular weight excluding hydrogens is 220 g/mol. The van der Waals surface area contributed by atoms with Crippen LogP contribution >= 0.6 is 0 Å². The lowest BCUT2D eigenvalue weighted by molar-refractivity contribution is -0.139. The SMILES string of the molecule is CC(C)COCCCNC1(CC(=O)O)CNC1. The first-order valence-corrected chi connectivity index (χ1v) is 6.29. The number of ether oxygens (including phenoxy) is 1. The Labute approximate surface area is 103 Å². The van der Waals surface area contributed by atoms with E-state index in [9.17, 15) is 4.79 Å². The van der Waals surface area contributed by atoms with Crippen LogP contribution in [0.5, 0.6) is 0 Å². The van der Waals surface area contributed by atoms with E-state index in [1.807, 2.05) is 0 Å². The van der Waals surface area contributed by atoms with Crippen molar-refractivity contribution >= 4 is 5.97 Å². The normalized spacial score (nSPS) is 18.1. The highest BCUT2D eigenvalue weighted by molar-refractivity contribution is 5.68. The number of carboxylic acid groups (broad SMARTS) is 1. The number of carboxylic acids is 1. The Morgan fingerprint density at radius 2 is 2.24 bits per heavy atom. The topological polar surface area (TPSA) is 70.6 Å². The molecule has 0 saturated carbocycles. The van der Waals surface area contributed by atoms with Crippen LogP contribution in [0.3, 0.4) is 0 Å². The van der Waals surface area contributed by atoms with Crippen molar-refractivity contribution in [2.75, 3.05) is 32.8 Å². The van der Waals surface area contributed by atoms with Crippen molar-refractivity contribution in [2.45, 2.75) is 32.2 Å². The second-order valence-electron chi connectivity index (χ2n) is 5.20. The maximum atomic E-state index is 10.7. The van der Waals surface area contributed by atoms with Crippen LogP contribution in [0.15, 0.2) is 0 Å². The molecule has 3 N–H and O–H groups in total. The number of nitrogens with one attached hydrogen (secondary N) is 2. The van der Waals surface area contributed by atoms with Crippen molar-refractivity contribution in [3.05, 3.63) is 0 Å². The highest BCUT2D eigenvalue weighted by Crippen LogP contribution is 2.15. The van der Waals surface area contributed by atoms with Gasteiger partial charge in [0.05, 0.1) is 12.0 Å². The van der Waals surface area contributed by atoms with E-state index < -0.39 is 5.97 Å². The number of aliphatic carboxylic acids is 1. The van der Waals surface area contributed by atoms with Crippen LogP contribution in [-0.4, -0.2) is 49.5 Å². The summed E-state index contributed by atoms with van der Waals surface area (Å²) in [6, 6.07) is 0. The predicted molar refractivity (Wildman–Crippen MR) is 66.1 cm³/mol. The lowest BCUT2D eigenvalue weighted by atomic mass is 9.88. The van der Waals surface area contributed by atoms with Gasteiger partial charge in [-0.3, -0.25) is 4.79 Å². The van der Waals surface area contributed by atoms with Crippen LogP contribution in [0, 0.1) is 5.92 Å². The second-order valence-corrected chi connectivity index (χ2v) is 5.20. The molecule has 1 heterocycles. The van der Waals surface area contributed by atoms with Gasteiger partial charge < -0.3 is 20.5 Å². The predicted octanol–water partition coefficient (Wildman–Crippen LogP) is 0.455. The second kappa shape index (κ2) is 6.93. The Morgan fingerprint density at radius 1 is 1.53 bits per heavy atom. The summed E-state index contributed by atoms with van der Waals surface area (Å²) >= 11 is 0. The van der Waals surface area contributed by atoms with E-state index in [-0.39, 0.29) is 12.0 Å². The molecule has 17 heavy (non-hydrogen) atoms. The van der Waals surface area contributed by atoms with Gasteiger partial charge in [-0.1, -0.05) is 13.8 Å². The molecular formula is C12H24N2O3. The largest absolute Gasteiger partial charge is 0.481 e. The van der Waals surface area contributed by atoms with Crippen molar-refractivity contribution < 1.29 is 14.6 Å². The molecule has 1 aliphatic heterocycles. The molecule has 5 nitrogen and oxygen atoms in total. The van der Waals surface area contributed by atoms with Gasteiger partial charge in [-0.05, 0) is 18.9 Å². The fourth-order valence-electron chi connectivity index (χ4n) is 1.88. The van der Waals surface area contributed by atoms with E-state index in [0.717, 1.165) is 39.3 Å². The van der Waals surface area contributed by atoms with Crippen molar-refractivity contribution in [3.8, 4) is 0 Å². The zero-order valence-corrected chi connectivity index (χ0v) is 10.8. The van der Waals surface area contributed by atoms with Crippen LogP contribution in [0.25, 0.3) is 0 Å². The molecule has 1 fully saturated rings. The van der Waals surface area contributed by atoms with Gasteiger partial charge in [0.25, 0.3) is 0 Å². The van der Waals surface area contributed by atoms with Crippen molar-refractivity contribution in [1.82, 2.24) is 10.6 Å². The molecule has 1 rings (SSSR count). The first-order valence-electron chi connectivity index (χ1n) is 6.29. The van der Waals surface area contributed by atoms with Gasteiger partial charge in [0.1, 0.15) is 0 Å². The van der Waals surface area contributed by atoms with Crippen LogP contribution in [-0.2, 0) is 9.53 Å². The molecule has 0 aromatic carbocycles. The minimum Gasteiger partial charge on any atom is -0.481 e. The maximum absolute atomic E-state index is 10.7. The van der Waals surface area contributed by atoms with E-state index >= 15 is 0 Å². The maximum Gasteiger partial charge on any atom is 0.305 e. The van der Waals surface area contributed by atoms with Crippen molar-refractivity contribution in [1.29, 1.82) is 0 Å². The van der Waals surface area contributed by atoms with Crippen LogP contribution in [0.2, 0.25) is 0 Å². The third kappa shape index (κ3) is 5.48. The summed E-state index contributed by atoms with van der Waals surface area (Å²) in [5, 5.41) is 15.3. The molecule has 5 heteroatoms. The Balaban J connectivity index is 2.06. The minimum absolute atomic E-state index is 0.187. The van der Waals surface area contributed by atoms with E-state index in [2.05, 4.69) is 24.5 Å². The zero-order valence-electron chi connectivity index (χ0n) is 10.8. The first kappa shape index (κ1) is 14.4. The smallest absolute Gasteiger partial charge is 0.305 e. The minimum atomic E-state index is -0.741. The molecule has 0 aromatic rings. The standard InChI is InChI=1S/C12H24N2O3/c1-10(2)7-17-5-3-4-14-12(6-11(15)16)8-13-9-12/h10,13-14H,3-9H2,1-2H3,(H,15,16). The summed E-state index contributed by atoms with van der Waals surface area (Å²) in [6.07, 6.45) is 1.11. The first-order chi connectivity index (χ1) is 8.04. The molecule has 0 spiro atoms. The summed E-state index contributed by atoms with van der Waals surface area (Å²) in [7, 11) is 0. The summed E-state index contributed by atoms with van der Waals surface area (Å²) in [4.78, 5) is 10.7. The van der Waals surface area contributed by atoms with E-state index in [0.29, 0.717) is 5.92 Å². The number of rotatable bonds is 9. The van der Waals surface area contributed by atoms with Gasteiger partial charge in [0.2, 0.25) is 0 Å². The molecule has 1 aliphatic rings. The lowest BCUT2D eigenvalue weighted by Crippen LogP contribution is -2.68. The third-order valence-corrected chi connectivity index (χ3v) is 2.83. The van der Waals surface area contributed by atoms with E-state index in [1.54, 1.807) is 0 Å². The van der Waals surface area contributed by atoms with E-state index in [4.69, 9.17) is 9.84 Å². The molecule has 0 aromatic heterocycles. The Kier molecular flexibility index (Phi) is 5.88. The van der Waals surface area contributed by atoms with Gasteiger partial charge in [0, 0.05) is 26.3 Å². The zero-order chi connectivity index (χ0) is 12.7. The number of hydrogen-bond acceptors (Lipinski definition) is 4. The highest BCUT2D eigenvalue weighted by Gasteiger charge is 2.38. The molecule has 0 radical (unpaired) electrons. The van der Waals surface area contributed by atoms with Gasteiger partial charge in [-0.15, -0.1) is 0 Å². The molecule has 0 unspecified atom stereocenters. The van der Waals surface area contributed by atoms with Gasteiger partial charge in [-0.25, -0.2) is 0 Å². The monoisotopic (exact) mass is 244 g/mol. The number of hydrogen-bond donors (Lipinski definition) is 3. The van der Waals surface area contributed by atoms with E-state index in [1.165, 1.54) is 0 Å². The highest BCUT2D eigenvalue weighted by atomic mass is 16.5. The Morgan fingerprint density at radius 3 is 2.71 bits per heavy atom. The summed E-state index contributed by atoms with van der Waals surface area (Å²) in [5.41, 5.74) is -0.232. The number of carbonyl (C=O) groups is 1. The third-order valence-electron chi connectivity index (χ3n) is 2.83. The fourth-order valence-corrected chi connectivity index (χ4v) is 1.88. The summed E-state index contributed by atoms with van der Waals surface area (Å²) < 4.78 is 5.47. The molecule has 0 bridgehead atoms. The van der Waals surface area contributed by atoms with Crippen LogP contribution in [0.1, 0.15) is 26.7 Å². The van der Waals surface area contributed by atoms with Gasteiger partial charge in [-0.2, -0.15) is 0 Å². The quantitative estimate of drug-likeness (QED) is 0.514. The molecule has 100 valence electrons. The Bertz CT molecular complexity index is 240. The molecule has 0 aliphatic carbocycles. The van der Waals surface area contributed by atoms with Crippen molar-refractivity contribution in [2.24, 2.45) is 5.92 Å². The molecule has 0 atom stereocenters. The summed E-state index contributed by atoms with van der Waals surface area (Å²) in [6.45, 7) is 8.08. The van der Waals surface area contributed by atoms with Crippen molar-refractivity contribution in [3.63, 3.8) is 0 Å². The fraction of sp³-hybridized carbons (Fsp3) is 0.917. The van der Waals surface area contributed by atoms with Crippen LogP contribution in [0.4, 0.5) is 0 Å². The lowest BCUT2D eigenvalue weighted by Gasteiger charge is -2.42.